The van der Waals surface area contributed by atoms with E-state index in [1.165, 1.54) is 6.92 Å². The lowest BCUT2D eigenvalue weighted by Crippen LogP contribution is -2.57. The fraction of sp³-hybridized carbons (Fsp3) is 0.320. The van der Waals surface area contributed by atoms with E-state index in [9.17, 15) is 24.9 Å². The number of hydrogen-bond acceptors (Lipinski definition) is 9. The number of esters is 2. The van der Waals surface area contributed by atoms with E-state index in [0.717, 1.165) is 61.3 Å². The zero-order valence-electron chi connectivity index (χ0n) is 33.4. The summed E-state index contributed by atoms with van der Waals surface area (Å²) in [7, 11) is 3.09. The Morgan fingerprint density at radius 2 is 1.39 bits per heavy atom. The molecule has 6 aromatic carbocycles. The lowest BCUT2D eigenvalue weighted by atomic mass is 9.47. The van der Waals surface area contributed by atoms with Gasteiger partial charge in [-0.1, -0.05) is 66.7 Å². The molecule has 302 valence electrons. The number of methoxy groups -OCH3 is 2. The molecule has 9 heteroatoms. The topological polar surface area (TPSA) is 132 Å². The minimum absolute atomic E-state index is 0.0407. The number of phenols is 3. The highest BCUT2D eigenvalue weighted by atomic mass is 16.6. The molecule has 6 aromatic rings. The van der Waals surface area contributed by atoms with Gasteiger partial charge in [0.2, 0.25) is 0 Å². The largest absolute Gasteiger partial charge is 0.508 e. The molecule has 59 heavy (non-hydrogen) atoms. The highest BCUT2D eigenvalue weighted by Crippen LogP contribution is 2.60. The van der Waals surface area contributed by atoms with Gasteiger partial charge in [-0.2, -0.15) is 0 Å². The zero-order valence-corrected chi connectivity index (χ0v) is 33.4. The molecule has 0 radical (unpaired) electrons. The van der Waals surface area contributed by atoms with Crippen molar-refractivity contribution in [1.82, 2.24) is 0 Å². The molecule has 3 aliphatic carbocycles. The molecular formula is C50H48O9. The van der Waals surface area contributed by atoms with E-state index in [4.69, 9.17) is 18.9 Å². The molecule has 1 fully saturated rings. The van der Waals surface area contributed by atoms with E-state index < -0.39 is 23.6 Å². The van der Waals surface area contributed by atoms with Gasteiger partial charge in [0.15, 0.2) is 23.0 Å². The maximum Gasteiger partial charge on any atom is 0.310 e. The minimum Gasteiger partial charge on any atom is -0.508 e. The van der Waals surface area contributed by atoms with E-state index >= 15 is 0 Å². The van der Waals surface area contributed by atoms with Crippen LogP contribution in [0.4, 0.5) is 0 Å². The summed E-state index contributed by atoms with van der Waals surface area (Å²) in [6.45, 7) is 1.44. The van der Waals surface area contributed by atoms with E-state index in [-0.39, 0.29) is 53.8 Å². The maximum absolute atomic E-state index is 14.0. The van der Waals surface area contributed by atoms with Crippen LogP contribution in [0.5, 0.6) is 28.7 Å². The molecule has 3 N–H and O–H groups in total. The van der Waals surface area contributed by atoms with Crippen molar-refractivity contribution < 1.29 is 43.9 Å². The van der Waals surface area contributed by atoms with Crippen LogP contribution < -0.4 is 9.47 Å². The quantitative estimate of drug-likeness (QED) is 0.136. The van der Waals surface area contributed by atoms with Gasteiger partial charge in [0.05, 0.1) is 20.6 Å². The molecule has 3 aliphatic rings. The van der Waals surface area contributed by atoms with Crippen LogP contribution in [0, 0.1) is 11.8 Å². The lowest BCUT2D eigenvalue weighted by molar-refractivity contribution is -0.162. The van der Waals surface area contributed by atoms with Gasteiger partial charge in [-0.25, -0.2) is 0 Å². The van der Waals surface area contributed by atoms with Crippen molar-refractivity contribution in [1.29, 1.82) is 0 Å². The third kappa shape index (κ3) is 6.96. The Bertz CT molecular complexity index is 2610. The Morgan fingerprint density at radius 1 is 0.695 bits per heavy atom. The SMILES string of the molecule is COc1cc2c(cc1O)C[C@@]1(c3ccc4ccccc4c3)[C@H](C2)[C@H](OC(C)=O)C[C@@H](OC(=O)Cc2ccc3cc(O)ccc3c2)C[C@H]2c3cc(OC)c(O)cc3CC[C@@H]21. The number of hydrogen-bond donors (Lipinski definition) is 3. The normalized spacial score (nSPS) is 23.4. The number of carbonyl (C=O) groups is 2. The van der Waals surface area contributed by atoms with Gasteiger partial charge in [0.25, 0.3) is 0 Å². The number of benzene rings is 6. The van der Waals surface area contributed by atoms with Gasteiger partial charge in [-0.05, 0) is 135 Å². The molecule has 0 unspecified atom stereocenters. The number of aryl methyl sites for hydroxylation is 1. The molecule has 9 nitrogen and oxygen atoms in total. The summed E-state index contributed by atoms with van der Waals surface area (Å²) in [4.78, 5) is 27.2. The second-order valence-corrected chi connectivity index (χ2v) is 16.6. The number of carbonyl (C=O) groups excluding carboxylic acids is 2. The van der Waals surface area contributed by atoms with Crippen molar-refractivity contribution in [2.24, 2.45) is 11.8 Å². The molecule has 0 heterocycles. The van der Waals surface area contributed by atoms with Crippen LogP contribution in [0.3, 0.4) is 0 Å². The van der Waals surface area contributed by atoms with Crippen LogP contribution >= 0.6 is 0 Å². The molecule has 0 aliphatic heterocycles. The Kier molecular flexibility index (Phi) is 9.86. The highest BCUT2D eigenvalue weighted by molar-refractivity contribution is 5.86. The number of fused-ring (bicyclic) bond motifs is 8. The second-order valence-electron chi connectivity index (χ2n) is 16.6. The predicted octanol–water partition coefficient (Wildman–Crippen LogP) is 9.01. The Labute approximate surface area is 343 Å². The summed E-state index contributed by atoms with van der Waals surface area (Å²) in [6.07, 6.45) is 2.07. The van der Waals surface area contributed by atoms with Gasteiger partial charge >= 0.3 is 11.9 Å². The summed E-state index contributed by atoms with van der Waals surface area (Å²) >= 11 is 0. The summed E-state index contributed by atoms with van der Waals surface area (Å²) in [5, 5.41) is 36.1. The van der Waals surface area contributed by atoms with E-state index in [1.54, 1.807) is 26.4 Å². The molecular weight excluding hydrogens is 745 g/mol. The summed E-state index contributed by atoms with van der Waals surface area (Å²) < 4.78 is 24.2. The van der Waals surface area contributed by atoms with Crippen LogP contribution in [0.2, 0.25) is 0 Å². The van der Waals surface area contributed by atoms with Gasteiger partial charge in [-0.3, -0.25) is 9.59 Å². The molecule has 0 bridgehead atoms. The molecule has 0 aromatic heterocycles. The zero-order chi connectivity index (χ0) is 41.0. The van der Waals surface area contributed by atoms with Gasteiger partial charge in [0, 0.05) is 24.7 Å². The van der Waals surface area contributed by atoms with Gasteiger partial charge < -0.3 is 34.3 Å². The van der Waals surface area contributed by atoms with Crippen LogP contribution in [0.25, 0.3) is 21.5 Å². The van der Waals surface area contributed by atoms with Gasteiger partial charge in [0.1, 0.15) is 18.0 Å². The Hall–Kier alpha value is -6.22. The van der Waals surface area contributed by atoms with Crippen molar-refractivity contribution in [3.05, 3.63) is 137 Å². The van der Waals surface area contributed by atoms with Crippen LogP contribution in [0.1, 0.15) is 65.5 Å². The second kappa shape index (κ2) is 15.2. The molecule has 1 saturated carbocycles. The summed E-state index contributed by atoms with van der Waals surface area (Å²) in [6, 6.07) is 33.3. The molecule has 9 rings (SSSR count). The van der Waals surface area contributed by atoms with E-state index in [0.29, 0.717) is 37.2 Å². The lowest BCUT2D eigenvalue weighted by Gasteiger charge is -2.57. The monoisotopic (exact) mass is 792 g/mol. The third-order valence-corrected chi connectivity index (χ3v) is 13.4. The number of ether oxygens (including phenoxy) is 4. The van der Waals surface area contributed by atoms with Crippen molar-refractivity contribution in [2.75, 3.05) is 14.2 Å². The minimum atomic E-state index is -0.630. The van der Waals surface area contributed by atoms with Crippen molar-refractivity contribution in [3.8, 4) is 28.7 Å². The van der Waals surface area contributed by atoms with Crippen LogP contribution in [0.15, 0.2) is 103 Å². The van der Waals surface area contributed by atoms with Crippen LogP contribution in [-0.4, -0.2) is 53.7 Å². The average Bonchev–Trinajstić information content (AvgIpc) is 3.21. The fourth-order valence-corrected chi connectivity index (χ4v) is 10.9. The first kappa shape index (κ1) is 38.3. The Balaban J connectivity index is 1.21. The molecule has 6 atom stereocenters. The first-order valence-electron chi connectivity index (χ1n) is 20.4. The Morgan fingerprint density at radius 3 is 2.17 bits per heavy atom. The first-order chi connectivity index (χ1) is 28.5. The fourth-order valence-electron chi connectivity index (χ4n) is 10.9. The number of phenolic OH excluding ortho intramolecular Hbond substituents is 3. The number of aromatic hydroxyl groups is 3. The van der Waals surface area contributed by atoms with E-state index in [2.05, 4.69) is 30.3 Å². The molecule has 0 saturated heterocycles. The first-order valence-corrected chi connectivity index (χ1v) is 20.4. The summed E-state index contributed by atoms with van der Waals surface area (Å²) in [5.74, 6) is -0.174. The third-order valence-electron chi connectivity index (χ3n) is 13.4. The smallest absolute Gasteiger partial charge is 0.310 e. The summed E-state index contributed by atoms with van der Waals surface area (Å²) in [5.41, 5.74) is 5.39. The van der Waals surface area contributed by atoms with Crippen molar-refractivity contribution in [2.45, 2.75) is 75.4 Å². The molecule has 0 amide bonds. The maximum atomic E-state index is 14.0. The predicted molar refractivity (Wildman–Crippen MR) is 224 cm³/mol. The standard InChI is InChI=1S/C50H48O9/c1-28(51)58-46-25-39(59-49(55)17-29-8-9-33-19-38(52)14-11-32(33)16-29)24-41-40-26-48(57-3)44(53)21-34(40)12-15-42(41)50(37-13-10-30-6-4-5-7-31(30)18-37)27-36-22-45(54)47(56-2)23-35(36)20-43(46)50/h4-11,13-14,16,18-19,21-23,26,39,41-43,46,52-54H,12,15,17,20,24-25,27H2,1-3H3/t39-,41-,42-,43+,46+,50-/m0/s1. The van der Waals surface area contributed by atoms with Crippen LogP contribution in [-0.2, 0) is 50.2 Å². The van der Waals surface area contributed by atoms with E-state index in [1.807, 2.05) is 60.7 Å². The number of rotatable bonds is 7. The van der Waals surface area contributed by atoms with Gasteiger partial charge in [-0.15, -0.1) is 0 Å². The molecule has 0 spiro atoms. The average molecular weight is 793 g/mol. The van der Waals surface area contributed by atoms with Crippen molar-refractivity contribution >= 4 is 33.5 Å². The van der Waals surface area contributed by atoms with Crippen molar-refractivity contribution in [3.63, 3.8) is 0 Å². The highest BCUT2D eigenvalue weighted by Gasteiger charge is 2.58.